The van der Waals surface area contributed by atoms with Crippen LogP contribution in [0.5, 0.6) is 0 Å². The Morgan fingerprint density at radius 1 is 1.53 bits per heavy atom. The van der Waals surface area contributed by atoms with Crippen LogP contribution in [0.2, 0.25) is 0 Å². The second-order valence-electron chi connectivity index (χ2n) is 3.52. The number of ether oxygens (including phenoxy) is 1. The van der Waals surface area contributed by atoms with E-state index in [1.54, 1.807) is 6.92 Å². The van der Waals surface area contributed by atoms with Crippen molar-refractivity contribution in [2.75, 3.05) is 6.61 Å². The van der Waals surface area contributed by atoms with Crippen LogP contribution in [0.15, 0.2) is 0 Å². The molecule has 15 heavy (non-hydrogen) atoms. The molecule has 0 aliphatic rings. The molecule has 0 aromatic carbocycles. The maximum absolute atomic E-state index is 11.3. The van der Waals surface area contributed by atoms with Gasteiger partial charge in [0.05, 0.1) is 6.61 Å². The molecule has 0 aliphatic carbocycles. The highest BCUT2D eigenvalue weighted by atomic mass is 32.2. The van der Waals surface area contributed by atoms with Crippen molar-refractivity contribution in [3.8, 4) is 0 Å². The molecular weight excluding hydrogens is 218 g/mol. The van der Waals surface area contributed by atoms with Gasteiger partial charge in [0.25, 0.3) is 0 Å². The van der Waals surface area contributed by atoms with Crippen molar-refractivity contribution >= 4 is 22.8 Å². The molecule has 0 spiro atoms. The number of hydrogen-bond donors (Lipinski definition) is 1. The minimum atomic E-state index is -2.63. The zero-order chi connectivity index (χ0) is 12.0. The predicted octanol–water partition coefficient (Wildman–Crippen LogP) is 0.863. The predicted molar refractivity (Wildman–Crippen MR) is 56.5 cm³/mol. The second kappa shape index (κ2) is 6.68. The zero-order valence-corrected chi connectivity index (χ0v) is 9.93. The first-order valence-electron chi connectivity index (χ1n) is 4.72. The van der Waals surface area contributed by atoms with E-state index in [4.69, 9.17) is 5.41 Å². The van der Waals surface area contributed by atoms with Gasteiger partial charge >= 0.3 is 5.97 Å². The summed E-state index contributed by atoms with van der Waals surface area (Å²) in [6, 6.07) is 0. The first-order chi connectivity index (χ1) is 6.90. The minimum absolute atomic E-state index is 0.113. The highest BCUT2D eigenvalue weighted by Gasteiger charge is 2.26. The molecule has 2 atom stereocenters. The van der Waals surface area contributed by atoms with Crippen LogP contribution in [0.3, 0.4) is 0 Å². The summed E-state index contributed by atoms with van der Waals surface area (Å²) >= 11 is -2.63. The highest BCUT2D eigenvalue weighted by molar-refractivity contribution is 7.81. The number of hydrogen-bond acceptors (Lipinski definition) is 5. The number of rotatable bonds is 6. The van der Waals surface area contributed by atoms with Crippen LogP contribution in [0.25, 0.3) is 0 Å². The van der Waals surface area contributed by atoms with Gasteiger partial charge in [-0.25, -0.2) is 0 Å². The molecule has 5 nitrogen and oxygen atoms in total. The molecule has 0 heterocycles. The van der Waals surface area contributed by atoms with Gasteiger partial charge in [-0.05, 0) is 30.3 Å². The summed E-state index contributed by atoms with van der Waals surface area (Å²) in [5, 5.41) is 6.07. The Morgan fingerprint density at radius 3 is 2.40 bits per heavy atom. The average molecular weight is 234 g/mol. The highest BCUT2D eigenvalue weighted by Crippen LogP contribution is 2.09. The summed E-state index contributed by atoms with van der Waals surface area (Å²) in [6.07, 6.45) is 0.275. The molecule has 0 saturated heterocycles. The Labute approximate surface area is 92.0 Å². The molecule has 0 aromatic heterocycles. The van der Waals surface area contributed by atoms with Gasteiger partial charge in [-0.15, -0.1) is 0 Å². The minimum Gasteiger partial charge on any atom is -0.771 e. The van der Waals surface area contributed by atoms with Crippen molar-refractivity contribution in [2.24, 2.45) is 5.92 Å². The van der Waals surface area contributed by atoms with E-state index in [-0.39, 0.29) is 24.7 Å². The lowest BCUT2D eigenvalue weighted by Crippen LogP contribution is -2.36. The fourth-order valence-electron chi connectivity index (χ4n) is 1.10. The van der Waals surface area contributed by atoms with Crippen molar-refractivity contribution in [3.05, 3.63) is 0 Å². The molecule has 2 unspecified atom stereocenters. The smallest absolute Gasteiger partial charge is 0.326 e. The van der Waals surface area contributed by atoms with Crippen molar-refractivity contribution in [1.82, 2.24) is 0 Å². The SMILES string of the molecule is CCOC(=O)C(C(=N)CC(C)C)S(=O)[O-]. The fraction of sp³-hybridized carbons (Fsp3) is 0.778. The summed E-state index contributed by atoms with van der Waals surface area (Å²) in [5.41, 5.74) is -0.114. The van der Waals surface area contributed by atoms with E-state index in [1.807, 2.05) is 13.8 Å². The van der Waals surface area contributed by atoms with Crippen LogP contribution in [-0.2, 0) is 20.6 Å². The van der Waals surface area contributed by atoms with Crippen LogP contribution >= 0.6 is 0 Å². The molecule has 0 aromatic rings. The number of nitrogens with one attached hydrogen (secondary N) is 1. The lowest BCUT2D eigenvalue weighted by atomic mass is 10.0. The molecule has 1 N–H and O–H groups in total. The van der Waals surface area contributed by atoms with Crippen molar-refractivity contribution < 1.29 is 18.3 Å². The van der Waals surface area contributed by atoms with Crippen molar-refractivity contribution in [3.63, 3.8) is 0 Å². The topological polar surface area (TPSA) is 90.3 Å². The van der Waals surface area contributed by atoms with E-state index in [2.05, 4.69) is 4.74 Å². The van der Waals surface area contributed by atoms with Crippen molar-refractivity contribution in [1.29, 1.82) is 5.41 Å². The molecule has 0 radical (unpaired) electrons. The van der Waals surface area contributed by atoms with Crippen LogP contribution in [0.1, 0.15) is 27.2 Å². The largest absolute Gasteiger partial charge is 0.771 e. The molecule has 0 aliphatic heterocycles. The van der Waals surface area contributed by atoms with Gasteiger partial charge in [-0.3, -0.25) is 9.00 Å². The molecule has 0 fully saturated rings. The number of esters is 1. The van der Waals surface area contributed by atoms with Crippen LogP contribution < -0.4 is 0 Å². The van der Waals surface area contributed by atoms with E-state index < -0.39 is 22.3 Å². The third kappa shape index (κ3) is 5.03. The Morgan fingerprint density at radius 2 is 2.07 bits per heavy atom. The molecule has 6 heteroatoms. The molecule has 0 bridgehead atoms. The lowest BCUT2D eigenvalue weighted by Gasteiger charge is -2.19. The van der Waals surface area contributed by atoms with E-state index in [1.165, 1.54) is 0 Å². The Bertz CT molecular complexity index is 265. The summed E-state index contributed by atoms with van der Waals surface area (Å²) in [6.45, 7) is 5.41. The van der Waals surface area contributed by atoms with Gasteiger partial charge in [-0.2, -0.15) is 0 Å². The van der Waals surface area contributed by atoms with Gasteiger partial charge < -0.3 is 14.7 Å². The molecule has 0 saturated carbocycles. The lowest BCUT2D eigenvalue weighted by molar-refractivity contribution is -0.141. The second-order valence-corrected chi connectivity index (χ2v) is 4.51. The summed E-state index contributed by atoms with van der Waals surface area (Å²) < 4.78 is 26.2. The first-order valence-corrected chi connectivity index (χ1v) is 5.85. The average Bonchev–Trinajstić information content (AvgIpc) is 2.01. The van der Waals surface area contributed by atoms with Crippen LogP contribution in [0, 0.1) is 11.3 Å². The maximum Gasteiger partial charge on any atom is 0.326 e. The summed E-state index contributed by atoms with van der Waals surface area (Å²) in [7, 11) is 0. The monoisotopic (exact) mass is 234 g/mol. The van der Waals surface area contributed by atoms with E-state index in [0.29, 0.717) is 0 Å². The van der Waals surface area contributed by atoms with Gasteiger partial charge in [-0.1, -0.05) is 13.8 Å². The van der Waals surface area contributed by atoms with Gasteiger partial charge in [0.15, 0.2) is 5.25 Å². The van der Waals surface area contributed by atoms with Crippen LogP contribution in [-0.4, -0.2) is 32.3 Å². The summed E-state index contributed by atoms with van der Waals surface area (Å²) in [5.74, 6) is -0.727. The number of carbonyl (C=O) groups is 1. The Balaban J connectivity index is 4.59. The molecule has 88 valence electrons. The third-order valence-electron chi connectivity index (χ3n) is 1.64. The molecular formula is C9H16NO4S-. The van der Waals surface area contributed by atoms with E-state index >= 15 is 0 Å². The number of carbonyl (C=O) groups excluding carboxylic acids is 1. The standard InChI is InChI=1S/C9H17NO4S/c1-4-14-9(11)8(15(12)13)7(10)5-6(2)3/h6,8,10H,4-5H2,1-3H3,(H,12,13)/p-1. The van der Waals surface area contributed by atoms with Gasteiger partial charge in [0, 0.05) is 5.71 Å². The quantitative estimate of drug-likeness (QED) is 0.419. The maximum atomic E-state index is 11.3. The third-order valence-corrected chi connectivity index (χ3v) is 2.50. The Hall–Kier alpha value is -0.750. The molecule has 0 amide bonds. The van der Waals surface area contributed by atoms with E-state index in [0.717, 1.165) is 0 Å². The van der Waals surface area contributed by atoms with Gasteiger partial charge in [0.2, 0.25) is 0 Å². The van der Waals surface area contributed by atoms with Crippen LogP contribution in [0.4, 0.5) is 0 Å². The first kappa shape index (κ1) is 14.2. The van der Waals surface area contributed by atoms with Crippen molar-refractivity contribution in [2.45, 2.75) is 32.4 Å². The Kier molecular flexibility index (Phi) is 6.35. The normalized spacial score (nSPS) is 14.7. The van der Waals surface area contributed by atoms with Gasteiger partial charge in [0.1, 0.15) is 0 Å². The zero-order valence-electron chi connectivity index (χ0n) is 9.11. The fourth-order valence-corrected chi connectivity index (χ4v) is 1.66. The summed E-state index contributed by atoms with van der Waals surface area (Å²) in [4.78, 5) is 11.3. The molecule has 0 rings (SSSR count). The van der Waals surface area contributed by atoms with E-state index in [9.17, 15) is 13.6 Å².